The van der Waals surface area contributed by atoms with E-state index in [9.17, 15) is 0 Å². The van der Waals surface area contributed by atoms with Crippen LogP contribution in [0.3, 0.4) is 0 Å². The van der Waals surface area contributed by atoms with Gasteiger partial charge in [-0.05, 0) is 31.6 Å². The van der Waals surface area contributed by atoms with Crippen LogP contribution in [0.4, 0.5) is 0 Å². The summed E-state index contributed by atoms with van der Waals surface area (Å²) in [7, 11) is 0. The summed E-state index contributed by atoms with van der Waals surface area (Å²) < 4.78 is 6.04. The van der Waals surface area contributed by atoms with Crippen molar-refractivity contribution in [1.82, 2.24) is 0 Å². The molecule has 1 nitrogen and oxygen atoms in total. The van der Waals surface area contributed by atoms with E-state index in [0.29, 0.717) is 0 Å². The lowest BCUT2D eigenvalue weighted by molar-refractivity contribution is 0.251. The summed E-state index contributed by atoms with van der Waals surface area (Å²) in [6.45, 7) is 4.24. The summed E-state index contributed by atoms with van der Waals surface area (Å²) in [4.78, 5) is 0. The van der Waals surface area contributed by atoms with Gasteiger partial charge < -0.3 is 4.74 Å². The molecule has 0 saturated heterocycles. The van der Waals surface area contributed by atoms with Gasteiger partial charge in [0.25, 0.3) is 0 Å². The zero-order chi connectivity index (χ0) is 12.5. The molecule has 0 aliphatic carbocycles. The lowest BCUT2D eigenvalue weighted by Gasteiger charge is -2.22. The molecule has 1 atom stereocenters. The maximum Gasteiger partial charge on any atom is 0.142 e. The molecule has 1 aliphatic rings. The van der Waals surface area contributed by atoms with Crippen molar-refractivity contribution in [2.24, 2.45) is 0 Å². The molecule has 0 spiro atoms. The fourth-order valence-electron chi connectivity index (χ4n) is 2.45. The highest BCUT2D eigenvalue weighted by Crippen LogP contribution is 2.32. The molecule has 2 aromatic carbocycles. The van der Waals surface area contributed by atoms with Gasteiger partial charge in [-0.15, -0.1) is 0 Å². The molecule has 90 valence electrons. The second-order valence-corrected chi connectivity index (χ2v) is 4.86. The predicted molar refractivity (Wildman–Crippen MR) is 74.8 cm³/mol. The zero-order valence-corrected chi connectivity index (χ0v) is 10.7. The fourth-order valence-corrected chi connectivity index (χ4v) is 2.45. The fraction of sp³-hybridized carbons (Fsp3) is 0.176. The van der Waals surface area contributed by atoms with Crippen molar-refractivity contribution in [1.29, 1.82) is 0 Å². The third kappa shape index (κ3) is 2.04. The Hall–Kier alpha value is -2.02. The Morgan fingerprint density at radius 3 is 2.44 bits per heavy atom. The van der Waals surface area contributed by atoms with Crippen molar-refractivity contribution < 1.29 is 4.74 Å². The van der Waals surface area contributed by atoms with E-state index in [1.807, 2.05) is 18.2 Å². The predicted octanol–water partition coefficient (Wildman–Crippen LogP) is 4.45. The SMILES string of the molecule is Cc1cc(C)cc(C2C=Cc3ccccc3O2)c1. The van der Waals surface area contributed by atoms with E-state index in [1.54, 1.807) is 0 Å². The average Bonchev–Trinajstić information content (AvgIpc) is 2.37. The van der Waals surface area contributed by atoms with Gasteiger partial charge >= 0.3 is 0 Å². The summed E-state index contributed by atoms with van der Waals surface area (Å²) in [5.74, 6) is 0.962. The van der Waals surface area contributed by atoms with Crippen LogP contribution >= 0.6 is 0 Å². The molecule has 18 heavy (non-hydrogen) atoms. The average molecular weight is 236 g/mol. The molecular formula is C17H16O. The molecule has 2 aromatic rings. The number of fused-ring (bicyclic) bond motifs is 1. The second kappa shape index (κ2) is 4.34. The lowest BCUT2D eigenvalue weighted by atomic mass is 10.0. The maximum absolute atomic E-state index is 6.04. The number of hydrogen-bond donors (Lipinski definition) is 0. The van der Waals surface area contributed by atoms with Crippen molar-refractivity contribution in [2.75, 3.05) is 0 Å². The first-order chi connectivity index (χ1) is 8.72. The van der Waals surface area contributed by atoms with E-state index in [4.69, 9.17) is 4.74 Å². The summed E-state index contributed by atoms with van der Waals surface area (Å²) in [5, 5.41) is 0. The van der Waals surface area contributed by atoms with Crippen LogP contribution in [-0.4, -0.2) is 0 Å². The molecule has 0 fully saturated rings. The zero-order valence-electron chi connectivity index (χ0n) is 10.7. The molecule has 3 rings (SSSR count). The largest absolute Gasteiger partial charge is 0.481 e. The Balaban J connectivity index is 1.97. The van der Waals surface area contributed by atoms with Crippen molar-refractivity contribution in [3.8, 4) is 5.75 Å². The quantitative estimate of drug-likeness (QED) is 0.710. The molecule has 1 aliphatic heterocycles. The van der Waals surface area contributed by atoms with Gasteiger partial charge in [-0.25, -0.2) is 0 Å². The van der Waals surface area contributed by atoms with Gasteiger partial charge in [0.2, 0.25) is 0 Å². The van der Waals surface area contributed by atoms with Gasteiger partial charge in [-0.1, -0.05) is 53.6 Å². The van der Waals surface area contributed by atoms with Crippen LogP contribution in [0.2, 0.25) is 0 Å². The molecule has 0 radical (unpaired) electrons. The van der Waals surface area contributed by atoms with E-state index in [-0.39, 0.29) is 6.10 Å². The Morgan fingerprint density at radius 2 is 1.67 bits per heavy atom. The smallest absolute Gasteiger partial charge is 0.142 e. The van der Waals surface area contributed by atoms with Crippen LogP contribution < -0.4 is 4.74 Å². The maximum atomic E-state index is 6.04. The first kappa shape index (κ1) is 11.1. The molecule has 1 unspecified atom stereocenters. The number of benzene rings is 2. The molecule has 0 aromatic heterocycles. The van der Waals surface area contributed by atoms with Gasteiger partial charge in [-0.2, -0.15) is 0 Å². The molecule has 0 N–H and O–H groups in total. The summed E-state index contributed by atoms with van der Waals surface area (Å²) in [6, 6.07) is 14.7. The number of rotatable bonds is 1. The van der Waals surface area contributed by atoms with E-state index in [2.05, 4.69) is 50.3 Å². The number of ether oxygens (including phenoxy) is 1. The highest BCUT2D eigenvalue weighted by atomic mass is 16.5. The Labute approximate surface area is 108 Å². The molecule has 0 amide bonds. The number of aryl methyl sites for hydroxylation is 2. The Kier molecular flexibility index (Phi) is 2.67. The highest BCUT2D eigenvalue weighted by molar-refractivity contribution is 5.60. The van der Waals surface area contributed by atoms with Gasteiger partial charge in [0.1, 0.15) is 11.9 Å². The van der Waals surface area contributed by atoms with E-state index >= 15 is 0 Å². The summed E-state index contributed by atoms with van der Waals surface area (Å²) in [5.41, 5.74) is 4.93. The minimum absolute atomic E-state index is 0.0264. The topological polar surface area (TPSA) is 9.23 Å². The molecular weight excluding hydrogens is 220 g/mol. The third-order valence-corrected chi connectivity index (χ3v) is 3.20. The highest BCUT2D eigenvalue weighted by Gasteiger charge is 2.16. The van der Waals surface area contributed by atoms with Crippen molar-refractivity contribution in [3.05, 3.63) is 70.8 Å². The Bertz CT molecular complexity index is 591. The first-order valence-electron chi connectivity index (χ1n) is 6.24. The van der Waals surface area contributed by atoms with Crippen LogP contribution in [-0.2, 0) is 0 Å². The third-order valence-electron chi connectivity index (χ3n) is 3.20. The lowest BCUT2D eigenvalue weighted by Crippen LogP contribution is -2.09. The monoisotopic (exact) mass is 236 g/mol. The normalized spacial score (nSPS) is 17.1. The number of hydrogen-bond acceptors (Lipinski definition) is 1. The van der Waals surface area contributed by atoms with Crippen molar-refractivity contribution in [3.63, 3.8) is 0 Å². The van der Waals surface area contributed by atoms with E-state index in [0.717, 1.165) is 11.3 Å². The molecule has 1 heterocycles. The van der Waals surface area contributed by atoms with Crippen LogP contribution in [0.15, 0.2) is 48.5 Å². The van der Waals surface area contributed by atoms with E-state index in [1.165, 1.54) is 16.7 Å². The molecule has 0 bridgehead atoms. The van der Waals surface area contributed by atoms with Crippen LogP contribution in [0.1, 0.15) is 28.4 Å². The van der Waals surface area contributed by atoms with Crippen LogP contribution in [0.25, 0.3) is 6.08 Å². The van der Waals surface area contributed by atoms with Gasteiger partial charge in [0.15, 0.2) is 0 Å². The molecule has 1 heteroatoms. The number of para-hydroxylation sites is 1. The van der Waals surface area contributed by atoms with Crippen molar-refractivity contribution in [2.45, 2.75) is 20.0 Å². The van der Waals surface area contributed by atoms with Gasteiger partial charge in [-0.3, -0.25) is 0 Å². The van der Waals surface area contributed by atoms with Gasteiger partial charge in [0, 0.05) is 5.56 Å². The Morgan fingerprint density at radius 1 is 0.944 bits per heavy atom. The van der Waals surface area contributed by atoms with Crippen LogP contribution in [0, 0.1) is 13.8 Å². The molecule has 0 saturated carbocycles. The summed E-state index contributed by atoms with van der Waals surface area (Å²) in [6.07, 6.45) is 4.29. The second-order valence-electron chi connectivity index (χ2n) is 4.86. The van der Waals surface area contributed by atoms with Gasteiger partial charge in [0.05, 0.1) is 0 Å². The minimum Gasteiger partial charge on any atom is -0.481 e. The minimum atomic E-state index is 0.0264. The van der Waals surface area contributed by atoms with Crippen molar-refractivity contribution >= 4 is 6.08 Å². The van der Waals surface area contributed by atoms with Crippen LogP contribution in [0.5, 0.6) is 5.75 Å². The first-order valence-corrected chi connectivity index (χ1v) is 6.24. The standard InChI is InChI=1S/C17H16O/c1-12-9-13(2)11-15(10-12)17-8-7-14-5-3-4-6-16(14)18-17/h3-11,17H,1-2H3. The van der Waals surface area contributed by atoms with E-state index < -0.39 is 0 Å². The summed E-state index contributed by atoms with van der Waals surface area (Å²) >= 11 is 0.